The molecule has 17 heavy (non-hydrogen) atoms. The number of thioether (sulfide) groups is 1. The maximum absolute atomic E-state index is 12.1. The van der Waals surface area contributed by atoms with Crippen LogP contribution in [0.1, 0.15) is 33.1 Å². The Balaban J connectivity index is 1.70. The Hall–Kier alpha value is -0.220. The third-order valence-electron chi connectivity index (χ3n) is 3.76. The van der Waals surface area contributed by atoms with Crippen molar-refractivity contribution in [1.29, 1.82) is 0 Å². The molecule has 1 amide bonds. The van der Waals surface area contributed by atoms with Crippen molar-refractivity contribution in [3.05, 3.63) is 0 Å². The van der Waals surface area contributed by atoms with Crippen LogP contribution < -0.4 is 5.32 Å². The van der Waals surface area contributed by atoms with E-state index < -0.39 is 0 Å². The van der Waals surface area contributed by atoms with Gasteiger partial charge in [-0.15, -0.1) is 11.8 Å². The number of piperidine rings is 1. The number of likely N-dealkylation sites (tertiary alicyclic amines) is 1. The Morgan fingerprint density at radius 2 is 2.12 bits per heavy atom. The van der Waals surface area contributed by atoms with Gasteiger partial charge in [0.2, 0.25) is 5.91 Å². The van der Waals surface area contributed by atoms with Crippen molar-refractivity contribution in [3.8, 4) is 0 Å². The first-order valence-corrected chi connectivity index (χ1v) is 7.72. The first-order chi connectivity index (χ1) is 8.07. The quantitative estimate of drug-likeness (QED) is 0.834. The molecule has 0 aromatic rings. The molecular formula is C13H24N2OS. The van der Waals surface area contributed by atoms with E-state index in [4.69, 9.17) is 0 Å². The van der Waals surface area contributed by atoms with Crippen molar-refractivity contribution in [2.45, 2.75) is 38.4 Å². The Labute approximate surface area is 109 Å². The van der Waals surface area contributed by atoms with Crippen LogP contribution in [0.5, 0.6) is 0 Å². The van der Waals surface area contributed by atoms with Gasteiger partial charge in [-0.3, -0.25) is 4.79 Å². The normalized spacial score (nSPS) is 25.2. The zero-order valence-electron chi connectivity index (χ0n) is 11.0. The molecule has 2 saturated heterocycles. The minimum atomic E-state index is 0.328. The summed E-state index contributed by atoms with van der Waals surface area (Å²) >= 11 is 1.86. The summed E-state index contributed by atoms with van der Waals surface area (Å²) in [5, 5.41) is 4.05. The predicted molar refractivity (Wildman–Crippen MR) is 73.3 cm³/mol. The zero-order chi connectivity index (χ0) is 12.3. The second kappa shape index (κ2) is 5.61. The number of nitrogens with one attached hydrogen (secondary N) is 1. The Morgan fingerprint density at radius 3 is 2.71 bits per heavy atom. The summed E-state index contributed by atoms with van der Waals surface area (Å²) in [7, 11) is 0. The van der Waals surface area contributed by atoms with Gasteiger partial charge in [0.25, 0.3) is 0 Å². The summed E-state index contributed by atoms with van der Waals surface area (Å²) in [6.07, 6.45) is 3.57. The highest BCUT2D eigenvalue weighted by molar-refractivity contribution is 8.00. The van der Waals surface area contributed by atoms with Gasteiger partial charge in [0.15, 0.2) is 0 Å². The number of rotatable bonds is 3. The molecule has 4 heteroatoms. The van der Waals surface area contributed by atoms with Gasteiger partial charge in [0.05, 0.1) is 5.75 Å². The molecule has 0 saturated carbocycles. The van der Waals surface area contributed by atoms with Gasteiger partial charge in [-0.1, -0.05) is 13.8 Å². The molecule has 2 fully saturated rings. The van der Waals surface area contributed by atoms with E-state index in [1.807, 2.05) is 16.7 Å². The van der Waals surface area contributed by atoms with Gasteiger partial charge in [-0.05, 0) is 37.8 Å². The predicted octanol–water partition coefficient (Wildman–Crippen LogP) is 1.73. The number of hydrogen-bond donors (Lipinski definition) is 1. The highest BCUT2D eigenvalue weighted by Gasteiger charge is 2.32. The summed E-state index contributed by atoms with van der Waals surface area (Å²) in [5.41, 5.74) is 0.328. The van der Waals surface area contributed by atoms with Crippen LogP contribution in [0.4, 0.5) is 0 Å². The average Bonchev–Trinajstić information content (AvgIpc) is 2.68. The fourth-order valence-electron chi connectivity index (χ4n) is 2.57. The maximum Gasteiger partial charge on any atom is 0.232 e. The first-order valence-electron chi connectivity index (χ1n) is 6.67. The highest BCUT2D eigenvalue weighted by Crippen LogP contribution is 2.29. The van der Waals surface area contributed by atoms with Crippen LogP contribution in [0, 0.1) is 5.41 Å². The van der Waals surface area contributed by atoms with Crippen LogP contribution >= 0.6 is 11.8 Å². The van der Waals surface area contributed by atoms with Gasteiger partial charge < -0.3 is 10.2 Å². The summed E-state index contributed by atoms with van der Waals surface area (Å²) in [6.45, 7) is 8.63. The average molecular weight is 256 g/mol. The van der Waals surface area contributed by atoms with E-state index in [9.17, 15) is 4.79 Å². The summed E-state index contributed by atoms with van der Waals surface area (Å²) in [6, 6.07) is 0. The fourth-order valence-corrected chi connectivity index (χ4v) is 3.70. The third-order valence-corrected chi connectivity index (χ3v) is 5.12. The van der Waals surface area contributed by atoms with Gasteiger partial charge >= 0.3 is 0 Å². The molecule has 98 valence electrons. The lowest BCUT2D eigenvalue weighted by atomic mass is 9.93. The number of amides is 1. The van der Waals surface area contributed by atoms with Gasteiger partial charge in [-0.2, -0.15) is 0 Å². The molecule has 0 unspecified atom stereocenters. The SMILES string of the molecule is CC1(C)CCN(C(=O)CSC2CCNCC2)C1. The lowest BCUT2D eigenvalue weighted by Gasteiger charge is -2.24. The number of carbonyl (C=O) groups is 1. The van der Waals surface area contributed by atoms with Crippen LogP contribution in [0.2, 0.25) is 0 Å². The van der Waals surface area contributed by atoms with Crippen molar-refractivity contribution < 1.29 is 4.79 Å². The molecule has 2 aliphatic rings. The monoisotopic (exact) mass is 256 g/mol. The van der Waals surface area contributed by atoms with E-state index in [2.05, 4.69) is 19.2 Å². The molecule has 3 nitrogen and oxygen atoms in total. The molecule has 2 rings (SSSR count). The van der Waals surface area contributed by atoms with E-state index >= 15 is 0 Å². The number of carbonyl (C=O) groups excluding carboxylic acids is 1. The molecule has 2 aliphatic heterocycles. The minimum absolute atomic E-state index is 0.328. The van der Waals surface area contributed by atoms with Crippen LogP contribution in [-0.2, 0) is 4.79 Å². The molecule has 0 radical (unpaired) electrons. The number of nitrogens with zero attached hydrogens (tertiary/aromatic N) is 1. The largest absolute Gasteiger partial charge is 0.341 e. The van der Waals surface area contributed by atoms with Gasteiger partial charge in [0.1, 0.15) is 0 Å². The molecule has 0 aliphatic carbocycles. The summed E-state index contributed by atoms with van der Waals surface area (Å²) in [4.78, 5) is 14.1. The van der Waals surface area contributed by atoms with Gasteiger partial charge in [-0.25, -0.2) is 0 Å². The molecular weight excluding hydrogens is 232 g/mol. The molecule has 0 aromatic carbocycles. The van der Waals surface area contributed by atoms with Crippen molar-refractivity contribution in [3.63, 3.8) is 0 Å². The first kappa shape index (κ1) is 13.2. The fraction of sp³-hybridized carbons (Fsp3) is 0.923. The molecule has 1 N–H and O–H groups in total. The Kier molecular flexibility index (Phi) is 4.36. The Morgan fingerprint density at radius 1 is 1.41 bits per heavy atom. The third kappa shape index (κ3) is 3.88. The molecule has 0 aromatic heterocycles. The zero-order valence-corrected chi connectivity index (χ0v) is 11.8. The maximum atomic E-state index is 12.1. The Bertz CT molecular complexity index is 275. The minimum Gasteiger partial charge on any atom is -0.341 e. The smallest absolute Gasteiger partial charge is 0.232 e. The number of hydrogen-bond acceptors (Lipinski definition) is 3. The lowest BCUT2D eigenvalue weighted by Crippen LogP contribution is -2.33. The van der Waals surface area contributed by atoms with Crippen molar-refractivity contribution in [1.82, 2.24) is 10.2 Å². The van der Waals surface area contributed by atoms with E-state index in [0.717, 1.165) is 32.6 Å². The molecule has 0 bridgehead atoms. The summed E-state index contributed by atoms with van der Waals surface area (Å²) in [5.74, 6) is 1.03. The van der Waals surface area contributed by atoms with E-state index in [1.54, 1.807) is 0 Å². The van der Waals surface area contributed by atoms with E-state index in [1.165, 1.54) is 12.8 Å². The molecule has 2 heterocycles. The highest BCUT2D eigenvalue weighted by atomic mass is 32.2. The van der Waals surface area contributed by atoms with Crippen molar-refractivity contribution >= 4 is 17.7 Å². The second-order valence-electron chi connectivity index (χ2n) is 5.99. The van der Waals surface area contributed by atoms with Crippen molar-refractivity contribution in [2.75, 3.05) is 31.9 Å². The molecule has 0 atom stereocenters. The van der Waals surface area contributed by atoms with Crippen LogP contribution in [0.3, 0.4) is 0 Å². The van der Waals surface area contributed by atoms with Crippen LogP contribution in [0.15, 0.2) is 0 Å². The van der Waals surface area contributed by atoms with E-state index in [0.29, 0.717) is 22.3 Å². The van der Waals surface area contributed by atoms with Crippen LogP contribution in [0.25, 0.3) is 0 Å². The second-order valence-corrected chi connectivity index (χ2v) is 7.28. The van der Waals surface area contributed by atoms with E-state index in [-0.39, 0.29) is 0 Å². The van der Waals surface area contributed by atoms with Crippen LogP contribution in [-0.4, -0.2) is 48.0 Å². The van der Waals surface area contributed by atoms with Crippen molar-refractivity contribution in [2.24, 2.45) is 5.41 Å². The molecule has 0 spiro atoms. The lowest BCUT2D eigenvalue weighted by molar-refractivity contribution is -0.127. The topological polar surface area (TPSA) is 32.3 Å². The van der Waals surface area contributed by atoms with Gasteiger partial charge in [0, 0.05) is 18.3 Å². The summed E-state index contributed by atoms with van der Waals surface area (Å²) < 4.78 is 0. The standard InChI is InChI=1S/C13H24N2OS/c1-13(2)5-8-15(10-13)12(16)9-17-11-3-6-14-7-4-11/h11,14H,3-10H2,1-2H3.